The number of benzene rings is 1. The van der Waals surface area contributed by atoms with Crippen molar-refractivity contribution in [2.45, 2.75) is 12.7 Å². The van der Waals surface area contributed by atoms with Gasteiger partial charge in [0, 0.05) is 12.7 Å². The lowest BCUT2D eigenvalue weighted by Gasteiger charge is -2.13. The molecule has 0 fully saturated rings. The number of carbonyl (C=O) groups is 1. The van der Waals surface area contributed by atoms with Crippen LogP contribution in [-0.4, -0.2) is 47.8 Å². The molecule has 0 radical (unpaired) electrons. The number of hydrogen-bond acceptors (Lipinski definition) is 4. The van der Waals surface area contributed by atoms with Crippen LogP contribution in [-0.2, 0) is 17.5 Å². The number of aromatic nitrogens is 2. The van der Waals surface area contributed by atoms with Crippen LogP contribution in [0.25, 0.3) is 0 Å². The lowest BCUT2D eigenvalue weighted by molar-refractivity contribution is -0.139. The van der Waals surface area contributed by atoms with Gasteiger partial charge in [-0.3, -0.25) is 9.48 Å². The molecule has 136 valence electrons. The number of anilines is 1. The van der Waals surface area contributed by atoms with E-state index in [9.17, 15) is 18.0 Å². The molecule has 2 rings (SSSR count). The molecule has 0 aliphatic carbocycles. The van der Waals surface area contributed by atoms with Gasteiger partial charge in [0.05, 0.1) is 24.0 Å². The molecule has 0 atom stereocenters. The Morgan fingerprint density at radius 2 is 2.04 bits per heavy atom. The van der Waals surface area contributed by atoms with Crippen LogP contribution in [0.15, 0.2) is 36.7 Å². The molecule has 9 heteroatoms. The Bertz CT molecular complexity index is 713. The highest BCUT2D eigenvalue weighted by Gasteiger charge is 2.34. The summed E-state index contributed by atoms with van der Waals surface area (Å²) in [6, 6.07) is 4.76. The average molecular weight is 356 g/mol. The Hall–Kier alpha value is -2.55. The highest BCUT2D eigenvalue weighted by molar-refractivity contribution is 5.91. The minimum absolute atomic E-state index is 0.383. The summed E-state index contributed by atoms with van der Waals surface area (Å²) in [6.07, 6.45) is -1.43. The number of likely N-dealkylation sites (N-methyl/N-ethyl adjacent to an activating group) is 1. The number of nitrogens with zero attached hydrogens (tertiary/aromatic N) is 3. The molecular formula is C16H19F3N4O2. The SMILES string of the molecule is CN(C)CCn1cc(NC(=O)COc2ccccc2C(F)(F)F)cn1. The third-order valence-electron chi connectivity index (χ3n) is 3.24. The average Bonchev–Trinajstić information content (AvgIpc) is 2.98. The maximum atomic E-state index is 12.9. The van der Waals surface area contributed by atoms with Gasteiger partial charge in [-0.2, -0.15) is 18.3 Å². The van der Waals surface area contributed by atoms with E-state index in [4.69, 9.17) is 4.74 Å². The first-order valence-electron chi connectivity index (χ1n) is 7.52. The zero-order valence-electron chi connectivity index (χ0n) is 13.9. The van der Waals surface area contributed by atoms with Gasteiger partial charge in [-0.05, 0) is 26.2 Å². The lowest BCUT2D eigenvalue weighted by atomic mass is 10.2. The molecule has 1 heterocycles. The molecule has 6 nitrogen and oxygen atoms in total. The van der Waals surface area contributed by atoms with Crippen LogP contribution >= 0.6 is 0 Å². The zero-order valence-corrected chi connectivity index (χ0v) is 13.9. The first kappa shape index (κ1) is 18.8. The molecule has 0 saturated carbocycles. The van der Waals surface area contributed by atoms with E-state index in [1.807, 2.05) is 19.0 Å². The number of hydrogen-bond donors (Lipinski definition) is 1. The van der Waals surface area contributed by atoms with Crippen molar-refractivity contribution in [3.8, 4) is 5.75 Å². The first-order chi connectivity index (χ1) is 11.8. The molecular weight excluding hydrogens is 337 g/mol. The Labute approximate surface area is 143 Å². The van der Waals surface area contributed by atoms with Gasteiger partial charge in [-0.25, -0.2) is 0 Å². The van der Waals surface area contributed by atoms with Gasteiger partial charge in [0.25, 0.3) is 5.91 Å². The Kier molecular flexibility index (Phi) is 6.02. The van der Waals surface area contributed by atoms with Crippen LogP contribution in [0.5, 0.6) is 5.75 Å². The van der Waals surface area contributed by atoms with Crippen molar-refractivity contribution in [2.75, 3.05) is 32.6 Å². The Morgan fingerprint density at radius 1 is 1.32 bits per heavy atom. The molecule has 0 unspecified atom stereocenters. The predicted molar refractivity (Wildman–Crippen MR) is 86.3 cm³/mol. The van der Waals surface area contributed by atoms with E-state index in [-0.39, 0.29) is 5.75 Å². The van der Waals surface area contributed by atoms with E-state index < -0.39 is 24.3 Å². The second kappa shape index (κ2) is 8.02. The number of halogens is 3. The van der Waals surface area contributed by atoms with E-state index in [0.717, 1.165) is 12.6 Å². The summed E-state index contributed by atoms with van der Waals surface area (Å²) in [7, 11) is 3.87. The smallest absolute Gasteiger partial charge is 0.419 e. The molecule has 25 heavy (non-hydrogen) atoms. The molecule has 1 amide bonds. The largest absolute Gasteiger partial charge is 0.483 e. The fourth-order valence-corrected chi connectivity index (χ4v) is 2.02. The minimum Gasteiger partial charge on any atom is -0.483 e. The Balaban J connectivity index is 1.90. The zero-order chi connectivity index (χ0) is 18.4. The quantitative estimate of drug-likeness (QED) is 0.828. The summed E-state index contributed by atoms with van der Waals surface area (Å²) in [4.78, 5) is 13.9. The van der Waals surface area contributed by atoms with Crippen molar-refractivity contribution < 1.29 is 22.7 Å². The molecule has 0 aliphatic rings. The van der Waals surface area contributed by atoms with Crippen LogP contribution < -0.4 is 10.1 Å². The van der Waals surface area contributed by atoms with E-state index in [2.05, 4.69) is 10.4 Å². The van der Waals surface area contributed by atoms with Gasteiger partial charge >= 0.3 is 6.18 Å². The maximum absolute atomic E-state index is 12.9. The van der Waals surface area contributed by atoms with E-state index >= 15 is 0 Å². The normalized spacial score (nSPS) is 11.6. The molecule has 0 aliphatic heterocycles. The highest BCUT2D eigenvalue weighted by atomic mass is 19.4. The van der Waals surface area contributed by atoms with E-state index in [1.165, 1.54) is 24.4 Å². The van der Waals surface area contributed by atoms with Crippen molar-refractivity contribution in [1.82, 2.24) is 14.7 Å². The van der Waals surface area contributed by atoms with Gasteiger partial charge in [-0.1, -0.05) is 12.1 Å². The third kappa shape index (κ3) is 5.79. The number of ether oxygens (including phenoxy) is 1. The van der Waals surface area contributed by atoms with Crippen molar-refractivity contribution >= 4 is 11.6 Å². The highest BCUT2D eigenvalue weighted by Crippen LogP contribution is 2.35. The molecule has 0 bridgehead atoms. The van der Waals surface area contributed by atoms with Crippen LogP contribution in [0, 0.1) is 0 Å². The first-order valence-corrected chi connectivity index (χ1v) is 7.52. The van der Waals surface area contributed by atoms with Crippen molar-refractivity contribution in [2.24, 2.45) is 0 Å². The summed E-state index contributed by atoms with van der Waals surface area (Å²) in [5.41, 5.74) is -0.462. The second-order valence-corrected chi connectivity index (χ2v) is 5.63. The van der Waals surface area contributed by atoms with Gasteiger partial charge in [0.15, 0.2) is 6.61 Å². The molecule has 1 N–H and O–H groups in total. The predicted octanol–water partition coefficient (Wildman–Crippen LogP) is 2.48. The van der Waals surface area contributed by atoms with E-state index in [0.29, 0.717) is 12.2 Å². The van der Waals surface area contributed by atoms with Crippen LogP contribution in [0.4, 0.5) is 18.9 Å². The molecule has 0 spiro atoms. The monoisotopic (exact) mass is 356 g/mol. The number of alkyl halides is 3. The number of nitrogens with one attached hydrogen (secondary N) is 1. The topological polar surface area (TPSA) is 59.4 Å². The van der Waals surface area contributed by atoms with Crippen molar-refractivity contribution in [1.29, 1.82) is 0 Å². The summed E-state index contributed by atoms with van der Waals surface area (Å²) in [5.74, 6) is -0.948. The molecule has 2 aromatic rings. The third-order valence-corrected chi connectivity index (χ3v) is 3.24. The molecule has 1 aromatic carbocycles. The maximum Gasteiger partial charge on any atom is 0.419 e. The van der Waals surface area contributed by atoms with Crippen molar-refractivity contribution in [3.05, 3.63) is 42.2 Å². The number of para-hydroxylation sites is 1. The fourth-order valence-electron chi connectivity index (χ4n) is 2.02. The van der Waals surface area contributed by atoms with E-state index in [1.54, 1.807) is 10.9 Å². The second-order valence-electron chi connectivity index (χ2n) is 5.63. The lowest BCUT2D eigenvalue weighted by Crippen LogP contribution is -2.21. The van der Waals surface area contributed by atoms with Crippen LogP contribution in [0.3, 0.4) is 0 Å². The van der Waals surface area contributed by atoms with Gasteiger partial charge in [-0.15, -0.1) is 0 Å². The summed E-state index contributed by atoms with van der Waals surface area (Å²) in [6.45, 7) is 0.903. The molecule has 1 aromatic heterocycles. The standard InChI is InChI=1S/C16H19F3N4O2/c1-22(2)7-8-23-10-12(9-20-23)21-15(24)11-25-14-6-4-3-5-13(14)16(17,18)19/h3-6,9-10H,7-8,11H2,1-2H3,(H,21,24). The number of amides is 1. The minimum atomic E-state index is -4.54. The van der Waals surface area contributed by atoms with Crippen LogP contribution in [0.1, 0.15) is 5.56 Å². The van der Waals surface area contributed by atoms with Crippen LogP contribution in [0.2, 0.25) is 0 Å². The number of rotatable bonds is 7. The number of carbonyl (C=O) groups excluding carboxylic acids is 1. The summed E-state index contributed by atoms with van der Waals surface area (Å²) >= 11 is 0. The fraction of sp³-hybridized carbons (Fsp3) is 0.375. The van der Waals surface area contributed by atoms with Crippen molar-refractivity contribution in [3.63, 3.8) is 0 Å². The van der Waals surface area contributed by atoms with Gasteiger partial charge < -0.3 is 15.0 Å². The van der Waals surface area contributed by atoms with Gasteiger partial charge in [0.1, 0.15) is 5.75 Å². The van der Waals surface area contributed by atoms with Gasteiger partial charge in [0.2, 0.25) is 0 Å². The molecule has 0 saturated heterocycles. The summed E-state index contributed by atoms with van der Waals surface area (Å²) < 4.78 is 45.2. The summed E-state index contributed by atoms with van der Waals surface area (Å²) in [5, 5.41) is 6.63. The Morgan fingerprint density at radius 3 is 2.72 bits per heavy atom.